The van der Waals surface area contributed by atoms with Gasteiger partial charge in [0.05, 0.1) is 16.8 Å². The molecule has 0 unspecified atom stereocenters. The maximum Gasteiger partial charge on any atom is 0.345 e. The molecule has 0 amide bonds. The Labute approximate surface area is 193 Å². The summed E-state index contributed by atoms with van der Waals surface area (Å²) < 4.78 is 5.38. The van der Waals surface area contributed by atoms with E-state index in [1.807, 2.05) is 6.07 Å². The highest BCUT2D eigenvalue weighted by Gasteiger charge is 2.13. The minimum absolute atomic E-state index is 0.218. The number of thiocarbonyl (C=S) groups is 1. The van der Waals surface area contributed by atoms with E-state index in [0.717, 1.165) is 5.69 Å². The van der Waals surface area contributed by atoms with Crippen LogP contribution in [-0.2, 0) is 0 Å². The van der Waals surface area contributed by atoms with Crippen molar-refractivity contribution in [2.45, 2.75) is 0 Å². The van der Waals surface area contributed by atoms with Crippen molar-refractivity contribution in [3.05, 3.63) is 92.9 Å². The Morgan fingerprint density at radius 1 is 0.967 bits per heavy atom. The van der Waals surface area contributed by atoms with Crippen LogP contribution in [0.2, 0.25) is 15.1 Å². The molecule has 0 saturated heterocycles. The molecule has 0 spiro atoms. The Morgan fingerprint density at radius 3 is 2.50 bits per heavy atom. The predicted molar refractivity (Wildman–Crippen MR) is 126 cm³/mol. The second-order valence-electron chi connectivity index (χ2n) is 5.92. The molecule has 3 aromatic rings. The van der Waals surface area contributed by atoms with Gasteiger partial charge in [-0.15, -0.1) is 0 Å². The lowest BCUT2D eigenvalue weighted by molar-refractivity contribution is 0.0735. The molecule has 2 N–H and O–H groups in total. The Kier molecular flexibility index (Phi) is 7.65. The highest BCUT2D eigenvalue weighted by atomic mass is 35.5. The van der Waals surface area contributed by atoms with E-state index in [2.05, 4.69) is 15.8 Å². The van der Waals surface area contributed by atoms with Gasteiger partial charge in [0.1, 0.15) is 5.75 Å². The Bertz CT molecular complexity index is 1120. The number of benzene rings is 3. The Hall–Kier alpha value is -2.64. The topological polar surface area (TPSA) is 62.7 Å². The molecule has 3 rings (SSSR count). The highest BCUT2D eigenvalue weighted by Crippen LogP contribution is 2.23. The number of ether oxygens (including phenoxy) is 1. The largest absolute Gasteiger partial charge is 0.423 e. The van der Waals surface area contributed by atoms with Gasteiger partial charge in [0.15, 0.2) is 5.11 Å². The van der Waals surface area contributed by atoms with Crippen LogP contribution in [-0.4, -0.2) is 17.3 Å². The van der Waals surface area contributed by atoms with Crippen molar-refractivity contribution >= 4 is 70.0 Å². The number of hydrogen-bond acceptors (Lipinski definition) is 4. The summed E-state index contributed by atoms with van der Waals surface area (Å²) in [5.41, 5.74) is 4.36. The fourth-order valence-corrected chi connectivity index (χ4v) is 3.21. The first-order valence-corrected chi connectivity index (χ1v) is 10.1. The third-order valence-electron chi connectivity index (χ3n) is 3.68. The van der Waals surface area contributed by atoms with Gasteiger partial charge in [0, 0.05) is 15.7 Å². The van der Waals surface area contributed by atoms with Crippen molar-refractivity contribution in [3.63, 3.8) is 0 Å². The van der Waals surface area contributed by atoms with Gasteiger partial charge < -0.3 is 10.1 Å². The molecule has 30 heavy (non-hydrogen) atoms. The second-order valence-corrected chi connectivity index (χ2v) is 7.61. The van der Waals surface area contributed by atoms with E-state index in [1.165, 1.54) is 12.1 Å². The number of rotatable bonds is 5. The predicted octanol–water partition coefficient (Wildman–Crippen LogP) is 6.19. The molecule has 0 aliphatic heterocycles. The molecule has 0 fully saturated rings. The van der Waals surface area contributed by atoms with Gasteiger partial charge in [-0.05, 0) is 66.3 Å². The van der Waals surface area contributed by atoms with Gasteiger partial charge in [-0.1, -0.05) is 53.0 Å². The van der Waals surface area contributed by atoms with E-state index in [9.17, 15) is 4.79 Å². The number of carbonyl (C=O) groups is 1. The summed E-state index contributed by atoms with van der Waals surface area (Å²) in [6.45, 7) is 0. The molecular weight excluding hydrogens is 465 g/mol. The minimum atomic E-state index is -0.587. The van der Waals surface area contributed by atoms with E-state index < -0.39 is 5.97 Å². The zero-order valence-electron chi connectivity index (χ0n) is 15.2. The number of esters is 1. The van der Waals surface area contributed by atoms with E-state index in [4.69, 9.17) is 51.8 Å². The first-order chi connectivity index (χ1) is 14.4. The van der Waals surface area contributed by atoms with Crippen molar-refractivity contribution in [1.82, 2.24) is 5.43 Å². The SMILES string of the molecule is O=C(Oc1cccc(/C=N/NC(=S)Nc2cccc(Cl)c2)c1)c1ccc(Cl)cc1Cl. The number of hydrazone groups is 1. The number of halogens is 3. The van der Waals surface area contributed by atoms with Crippen LogP contribution in [0.3, 0.4) is 0 Å². The molecule has 9 heteroatoms. The molecule has 0 aliphatic carbocycles. The standard InChI is InChI=1S/C21H14Cl3N3O2S/c22-14-4-2-5-16(10-14)26-21(30)27-25-12-13-3-1-6-17(9-13)29-20(28)18-8-7-15(23)11-19(18)24/h1-12H,(H2,26,27,30)/b25-12+. The van der Waals surface area contributed by atoms with Crippen molar-refractivity contribution in [1.29, 1.82) is 0 Å². The zero-order valence-corrected chi connectivity index (χ0v) is 18.3. The zero-order chi connectivity index (χ0) is 21.5. The summed E-state index contributed by atoms with van der Waals surface area (Å²) in [4.78, 5) is 12.3. The molecule has 152 valence electrons. The molecular formula is C21H14Cl3N3O2S. The summed E-state index contributed by atoms with van der Waals surface area (Å²) >= 11 is 23.0. The van der Waals surface area contributed by atoms with Crippen LogP contribution in [0, 0.1) is 0 Å². The summed E-state index contributed by atoms with van der Waals surface area (Å²) in [5.74, 6) is -0.245. The van der Waals surface area contributed by atoms with Gasteiger partial charge in [-0.3, -0.25) is 5.43 Å². The van der Waals surface area contributed by atoms with Gasteiger partial charge in [0.25, 0.3) is 0 Å². The molecule has 0 aliphatic rings. The number of anilines is 1. The van der Waals surface area contributed by atoms with Crippen LogP contribution in [0.4, 0.5) is 5.69 Å². The molecule has 0 heterocycles. The molecule has 0 bridgehead atoms. The number of nitrogens with one attached hydrogen (secondary N) is 2. The fourth-order valence-electron chi connectivity index (χ4n) is 2.37. The van der Waals surface area contributed by atoms with Crippen LogP contribution in [0.1, 0.15) is 15.9 Å². The first-order valence-electron chi connectivity index (χ1n) is 8.53. The fraction of sp³-hybridized carbons (Fsp3) is 0. The van der Waals surface area contributed by atoms with Crippen LogP contribution >= 0.6 is 47.0 Å². The van der Waals surface area contributed by atoms with Crippen molar-refractivity contribution in [2.75, 3.05) is 5.32 Å². The lowest BCUT2D eigenvalue weighted by Crippen LogP contribution is -2.23. The lowest BCUT2D eigenvalue weighted by Gasteiger charge is -2.08. The van der Waals surface area contributed by atoms with Crippen LogP contribution < -0.4 is 15.5 Å². The van der Waals surface area contributed by atoms with E-state index in [1.54, 1.807) is 54.7 Å². The number of nitrogens with zero attached hydrogens (tertiary/aromatic N) is 1. The van der Waals surface area contributed by atoms with Crippen LogP contribution in [0.15, 0.2) is 71.8 Å². The van der Waals surface area contributed by atoms with Gasteiger partial charge in [-0.25, -0.2) is 4.79 Å². The van der Waals surface area contributed by atoms with Crippen LogP contribution in [0.25, 0.3) is 0 Å². The lowest BCUT2D eigenvalue weighted by atomic mass is 10.2. The first kappa shape index (κ1) is 22.1. The molecule has 0 saturated carbocycles. The molecule has 0 radical (unpaired) electrons. The normalized spacial score (nSPS) is 10.6. The average Bonchev–Trinajstić information content (AvgIpc) is 2.68. The molecule has 3 aromatic carbocycles. The maximum atomic E-state index is 12.3. The van der Waals surface area contributed by atoms with E-state index in [-0.39, 0.29) is 10.6 Å². The Balaban J connectivity index is 1.59. The minimum Gasteiger partial charge on any atom is -0.423 e. The quantitative estimate of drug-likeness (QED) is 0.151. The average molecular weight is 479 g/mol. The summed E-state index contributed by atoms with van der Waals surface area (Å²) in [7, 11) is 0. The van der Waals surface area contributed by atoms with E-state index in [0.29, 0.717) is 26.5 Å². The van der Waals surface area contributed by atoms with Gasteiger partial charge in [0.2, 0.25) is 0 Å². The smallest absolute Gasteiger partial charge is 0.345 e. The number of hydrogen-bond donors (Lipinski definition) is 2. The highest BCUT2D eigenvalue weighted by molar-refractivity contribution is 7.80. The molecule has 0 atom stereocenters. The van der Waals surface area contributed by atoms with Gasteiger partial charge in [-0.2, -0.15) is 5.10 Å². The Morgan fingerprint density at radius 2 is 1.73 bits per heavy atom. The maximum absolute atomic E-state index is 12.3. The van der Waals surface area contributed by atoms with Crippen LogP contribution in [0.5, 0.6) is 5.75 Å². The summed E-state index contributed by atoms with van der Waals surface area (Å²) in [5, 5.41) is 8.59. The molecule has 0 aromatic heterocycles. The molecule has 5 nitrogen and oxygen atoms in total. The summed E-state index contributed by atoms with van der Waals surface area (Å²) in [6.07, 6.45) is 1.54. The van der Waals surface area contributed by atoms with E-state index >= 15 is 0 Å². The second kappa shape index (κ2) is 10.4. The van der Waals surface area contributed by atoms with Crippen molar-refractivity contribution < 1.29 is 9.53 Å². The monoisotopic (exact) mass is 477 g/mol. The van der Waals surface area contributed by atoms with Gasteiger partial charge >= 0.3 is 5.97 Å². The van der Waals surface area contributed by atoms with Crippen molar-refractivity contribution in [3.8, 4) is 5.75 Å². The number of carbonyl (C=O) groups excluding carboxylic acids is 1. The third kappa shape index (κ3) is 6.43. The third-order valence-corrected chi connectivity index (χ3v) is 4.66. The summed E-state index contributed by atoms with van der Waals surface area (Å²) in [6, 6.07) is 18.5. The van der Waals surface area contributed by atoms with Crippen molar-refractivity contribution in [2.24, 2.45) is 5.10 Å².